The fourth-order valence-corrected chi connectivity index (χ4v) is 1.53. The molecular weight excluding hydrogens is 211 g/mol. The molecule has 4 nitrogen and oxygen atoms in total. The standard InChI is InChI=1S/C11H9FN2O2/c1-7-10(11(15)16)14(6-13-7)9-5-3-2-4-8(9)12/h2-6H,1H3,(H,15,16). The highest BCUT2D eigenvalue weighted by Crippen LogP contribution is 2.17. The highest BCUT2D eigenvalue weighted by Gasteiger charge is 2.17. The van der Waals surface area contributed by atoms with Crippen molar-refractivity contribution in [3.8, 4) is 5.69 Å². The predicted octanol–water partition coefficient (Wildman–Crippen LogP) is 2.02. The third-order valence-electron chi connectivity index (χ3n) is 2.27. The Bertz CT molecular complexity index is 549. The lowest BCUT2D eigenvalue weighted by atomic mass is 10.2. The molecule has 0 aliphatic rings. The summed E-state index contributed by atoms with van der Waals surface area (Å²) >= 11 is 0. The molecule has 0 atom stereocenters. The van der Waals surface area contributed by atoms with Gasteiger partial charge in [0.15, 0.2) is 5.69 Å². The summed E-state index contributed by atoms with van der Waals surface area (Å²) in [6.45, 7) is 1.57. The van der Waals surface area contributed by atoms with E-state index in [1.807, 2.05) is 0 Å². The van der Waals surface area contributed by atoms with Gasteiger partial charge in [0.05, 0.1) is 11.4 Å². The van der Waals surface area contributed by atoms with Gasteiger partial charge >= 0.3 is 5.97 Å². The number of halogens is 1. The molecule has 1 aromatic heterocycles. The Morgan fingerprint density at radius 3 is 2.75 bits per heavy atom. The summed E-state index contributed by atoms with van der Waals surface area (Å²) in [7, 11) is 0. The van der Waals surface area contributed by atoms with E-state index in [2.05, 4.69) is 4.98 Å². The Morgan fingerprint density at radius 2 is 2.12 bits per heavy atom. The number of aryl methyl sites for hydroxylation is 1. The largest absolute Gasteiger partial charge is 0.477 e. The molecule has 0 bridgehead atoms. The number of aromatic carboxylic acids is 1. The molecular formula is C11H9FN2O2. The van der Waals surface area contributed by atoms with E-state index in [9.17, 15) is 9.18 Å². The molecule has 2 aromatic rings. The average molecular weight is 220 g/mol. The molecule has 16 heavy (non-hydrogen) atoms. The molecule has 5 heteroatoms. The summed E-state index contributed by atoms with van der Waals surface area (Å²) in [5, 5.41) is 9.00. The molecule has 0 amide bonds. The fraction of sp³-hybridized carbons (Fsp3) is 0.0909. The molecule has 1 N–H and O–H groups in total. The maximum Gasteiger partial charge on any atom is 0.354 e. The number of hydrogen-bond donors (Lipinski definition) is 1. The van der Waals surface area contributed by atoms with E-state index in [-0.39, 0.29) is 11.4 Å². The van der Waals surface area contributed by atoms with Gasteiger partial charge in [-0.15, -0.1) is 0 Å². The molecule has 0 aliphatic carbocycles. The van der Waals surface area contributed by atoms with Crippen LogP contribution in [-0.4, -0.2) is 20.6 Å². The molecule has 2 rings (SSSR count). The molecule has 0 unspecified atom stereocenters. The highest BCUT2D eigenvalue weighted by molar-refractivity contribution is 5.87. The first-order valence-electron chi connectivity index (χ1n) is 4.63. The van der Waals surface area contributed by atoms with Gasteiger partial charge in [0.2, 0.25) is 0 Å². The topological polar surface area (TPSA) is 55.1 Å². The van der Waals surface area contributed by atoms with Gasteiger partial charge in [-0.3, -0.25) is 4.57 Å². The van der Waals surface area contributed by atoms with Gasteiger partial charge in [0.25, 0.3) is 0 Å². The summed E-state index contributed by atoms with van der Waals surface area (Å²) in [6.07, 6.45) is 1.30. The van der Waals surface area contributed by atoms with E-state index < -0.39 is 11.8 Å². The second-order valence-corrected chi connectivity index (χ2v) is 3.31. The lowest BCUT2D eigenvalue weighted by Gasteiger charge is -2.06. The SMILES string of the molecule is Cc1ncn(-c2ccccc2F)c1C(=O)O. The van der Waals surface area contributed by atoms with Crippen LogP contribution in [0.4, 0.5) is 4.39 Å². The van der Waals surface area contributed by atoms with Gasteiger partial charge in [-0.05, 0) is 19.1 Å². The second-order valence-electron chi connectivity index (χ2n) is 3.31. The van der Waals surface area contributed by atoms with Gasteiger partial charge in [-0.25, -0.2) is 14.2 Å². The van der Waals surface area contributed by atoms with Gasteiger partial charge in [-0.1, -0.05) is 12.1 Å². The number of imidazole rings is 1. The van der Waals surface area contributed by atoms with Crippen LogP contribution in [0.15, 0.2) is 30.6 Å². The second kappa shape index (κ2) is 3.77. The summed E-state index contributed by atoms with van der Waals surface area (Å²) in [4.78, 5) is 14.9. The number of carbonyl (C=O) groups is 1. The molecule has 0 saturated heterocycles. The summed E-state index contributed by atoms with van der Waals surface area (Å²) in [6, 6.07) is 5.96. The molecule has 0 saturated carbocycles. The number of para-hydroxylation sites is 1. The van der Waals surface area contributed by atoms with E-state index in [4.69, 9.17) is 5.11 Å². The highest BCUT2D eigenvalue weighted by atomic mass is 19.1. The van der Waals surface area contributed by atoms with Crippen LogP contribution in [0.1, 0.15) is 16.2 Å². The minimum atomic E-state index is -1.13. The minimum absolute atomic E-state index is 0.0231. The number of carboxylic acids is 1. The van der Waals surface area contributed by atoms with Crippen LogP contribution in [0.5, 0.6) is 0 Å². The zero-order chi connectivity index (χ0) is 11.7. The quantitative estimate of drug-likeness (QED) is 0.842. The molecule has 0 fully saturated rings. The maximum atomic E-state index is 13.5. The summed E-state index contributed by atoms with van der Waals surface area (Å²) in [5.41, 5.74) is 0.515. The summed E-state index contributed by atoms with van der Waals surface area (Å²) in [5.74, 6) is -1.61. The molecule has 1 aromatic carbocycles. The van der Waals surface area contributed by atoms with Gasteiger partial charge in [0.1, 0.15) is 12.1 Å². The predicted molar refractivity (Wildman–Crippen MR) is 55.2 cm³/mol. The Hall–Kier alpha value is -2.17. The van der Waals surface area contributed by atoms with Crippen molar-refractivity contribution in [2.75, 3.05) is 0 Å². The zero-order valence-electron chi connectivity index (χ0n) is 8.51. The average Bonchev–Trinajstić information content (AvgIpc) is 2.61. The number of benzene rings is 1. The normalized spacial score (nSPS) is 10.4. The van der Waals surface area contributed by atoms with E-state index in [1.54, 1.807) is 19.1 Å². The van der Waals surface area contributed by atoms with Crippen molar-refractivity contribution in [1.29, 1.82) is 0 Å². The van der Waals surface area contributed by atoms with E-state index in [0.717, 1.165) is 0 Å². The van der Waals surface area contributed by atoms with E-state index in [1.165, 1.54) is 23.0 Å². The Morgan fingerprint density at radius 1 is 1.44 bits per heavy atom. The van der Waals surface area contributed by atoms with Crippen LogP contribution in [0, 0.1) is 12.7 Å². The van der Waals surface area contributed by atoms with Crippen molar-refractivity contribution < 1.29 is 14.3 Å². The van der Waals surface area contributed by atoms with Crippen LogP contribution >= 0.6 is 0 Å². The first kappa shape index (κ1) is 10.4. The van der Waals surface area contributed by atoms with Crippen molar-refractivity contribution in [2.45, 2.75) is 6.92 Å². The van der Waals surface area contributed by atoms with E-state index >= 15 is 0 Å². The Labute approximate surface area is 91.0 Å². The third-order valence-corrected chi connectivity index (χ3v) is 2.27. The zero-order valence-corrected chi connectivity index (χ0v) is 8.51. The molecule has 0 aliphatic heterocycles. The molecule has 1 heterocycles. The Kier molecular flexibility index (Phi) is 2.44. The van der Waals surface area contributed by atoms with Crippen molar-refractivity contribution >= 4 is 5.97 Å². The number of carboxylic acid groups (broad SMARTS) is 1. The van der Waals surface area contributed by atoms with Crippen LogP contribution in [-0.2, 0) is 0 Å². The van der Waals surface area contributed by atoms with Crippen molar-refractivity contribution in [1.82, 2.24) is 9.55 Å². The van der Waals surface area contributed by atoms with Crippen molar-refractivity contribution in [3.63, 3.8) is 0 Å². The minimum Gasteiger partial charge on any atom is -0.477 e. The fourth-order valence-electron chi connectivity index (χ4n) is 1.53. The lowest BCUT2D eigenvalue weighted by Crippen LogP contribution is -2.08. The number of aromatic nitrogens is 2. The first-order chi connectivity index (χ1) is 7.61. The third kappa shape index (κ3) is 1.56. The number of hydrogen-bond acceptors (Lipinski definition) is 2. The van der Waals surface area contributed by atoms with Crippen LogP contribution in [0.3, 0.4) is 0 Å². The van der Waals surface area contributed by atoms with E-state index in [0.29, 0.717) is 5.69 Å². The van der Waals surface area contributed by atoms with Gasteiger partial charge in [0, 0.05) is 0 Å². The lowest BCUT2D eigenvalue weighted by molar-refractivity contribution is 0.0687. The molecule has 0 radical (unpaired) electrons. The smallest absolute Gasteiger partial charge is 0.354 e. The van der Waals surface area contributed by atoms with Crippen LogP contribution in [0.2, 0.25) is 0 Å². The van der Waals surface area contributed by atoms with Gasteiger partial charge in [-0.2, -0.15) is 0 Å². The number of nitrogens with zero attached hydrogens (tertiary/aromatic N) is 2. The van der Waals surface area contributed by atoms with Crippen LogP contribution in [0.25, 0.3) is 5.69 Å². The number of rotatable bonds is 2. The first-order valence-corrected chi connectivity index (χ1v) is 4.63. The maximum absolute atomic E-state index is 13.5. The summed E-state index contributed by atoms with van der Waals surface area (Å²) < 4.78 is 14.7. The van der Waals surface area contributed by atoms with Crippen LogP contribution < -0.4 is 0 Å². The van der Waals surface area contributed by atoms with Crippen molar-refractivity contribution in [3.05, 3.63) is 47.8 Å². The van der Waals surface area contributed by atoms with Crippen molar-refractivity contribution in [2.24, 2.45) is 0 Å². The monoisotopic (exact) mass is 220 g/mol. The molecule has 0 spiro atoms. The molecule has 82 valence electrons. The Balaban J connectivity index is 2.66. The van der Waals surface area contributed by atoms with Gasteiger partial charge < -0.3 is 5.11 Å².